The van der Waals surface area contributed by atoms with Gasteiger partial charge in [0.2, 0.25) is 5.78 Å². The van der Waals surface area contributed by atoms with E-state index < -0.39 is 28.8 Å². The Bertz CT molecular complexity index is 613. The fourth-order valence-electron chi connectivity index (χ4n) is 1.51. The average molecular weight is 335 g/mol. The molecule has 0 atom stereocenters. The number of carbonyl (C=O) groups excluding carboxylic acids is 1. The summed E-state index contributed by atoms with van der Waals surface area (Å²) in [7, 11) is 0. The summed E-state index contributed by atoms with van der Waals surface area (Å²) in [5, 5.41) is 0. The number of halogens is 4. The molecule has 0 aliphatic rings. The van der Waals surface area contributed by atoms with Crippen LogP contribution in [0.2, 0.25) is 0 Å². The Morgan fingerprint density at radius 1 is 1.17 bits per heavy atom. The van der Waals surface area contributed by atoms with Gasteiger partial charge in [0.1, 0.15) is 17.5 Å². The minimum atomic E-state index is -1.20. The molecule has 18 heavy (non-hydrogen) atoms. The van der Waals surface area contributed by atoms with E-state index in [1.165, 1.54) is 0 Å². The molecule has 0 radical (unpaired) electrons. The first kappa shape index (κ1) is 13.3. The molecule has 1 aromatic heterocycles. The van der Waals surface area contributed by atoms with Crippen molar-refractivity contribution in [3.8, 4) is 0 Å². The highest BCUT2D eigenvalue weighted by Gasteiger charge is 2.23. The van der Waals surface area contributed by atoms with E-state index in [2.05, 4.69) is 15.9 Å². The zero-order valence-corrected chi connectivity index (χ0v) is 11.5. The largest absolute Gasteiger partial charge is 0.287 e. The van der Waals surface area contributed by atoms with E-state index in [9.17, 15) is 18.0 Å². The van der Waals surface area contributed by atoms with E-state index in [1.54, 1.807) is 13.0 Å². The lowest BCUT2D eigenvalue weighted by atomic mass is 10.1. The highest BCUT2D eigenvalue weighted by atomic mass is 79.9. The van der Waals surface area contributed by atoms with Gasteiger partial charge < -0.3 is 0 Å². The molecule has 0 fully saturated rings. The van der Waals surface area contributed by atoms with Crippen LogP contribution >= 0.6 is 27.3 Å². The van der Waals surface area contributed by atoms with Gasteiger partial charge >= 0.3 is 0 Å². The number of thiophene rings is 1. The van der Waals surface area contributed by atoms with Crippen LogP contribution in [0.25, 0.3) is 0 Å². The van der Waals surface area contributed by atoms with Crippen LogP contribution in [0.4, 0.5) is 13.2 Å². The van der Waals surface area contributed by atoms with Crippen LogP contribution in [0.3, 0.4) is 0 Å². The number of benzene rings is 1. The summed E-state index contributed by atoms with van der Waals surface area (Å²) < 4.78 is 40.2. The Balaban J connectivity index is 2.56. The number of carbonyl (C=O) groups is 1. The van der Waals surface area contributed by atoms with Gasteiger partial charge in [-0.3, -0.25) is 4.79 Å². The van der Waals surface area contributed by atoms with Crippen LogP contribution < -0.4 is 0 Å². The molecule has 0 amide bonds. The standard InChI is InChI=1S/C12H6BrF3OS/c1-5-2-7(13)12(18-5)11(17)10-8(15)3-6(14)4-9(10)16/h2-4H,1H3. The maximum absolute atomic E-state index is 13.5. The molecular formula is C12H6BrF3OS. The molecule has 0 saturated heterocycles. The third kappa shape index (κ3) is 2.35. The van der Waals surface area contributed by atoms with Crippen molar-refractivity contribution >= 4 is 33.0 Å². The van der Waals surface area contributed by atoms with Gasteiger partial charge in [0, 0.05) is 21.5 Å². The summed E-state index contributed by atoms with van der Waals surface area (Å²) in [6, 6.07) is 2.66. The zero-order valence-electron chi connectivity index (χ0n) is 9.06. The fraction of sp³-hybridized carbons (Fsp3) is 0.0833. The lowest BCUT2D eigenvalue weighted by Gasteiger charge is -2.03. The monoisotopic (exact) mass is 334 g/mol. The molecule has 1 heterocycles. The predicted octanol–water partition coefficient (Wildman–Crippen LogP) is 4.47. The number of hydrogen-bond donors (Lipinski definition) is 0. The van der Waals surface area contributed by atoms with Gasteiger partial charge in [0.05, 0.1) is 10.4 Å². The average Bonchev–Trinajstić information content (AvgIpc) is 2.56. The second-order valence-electron chi connectivity index (χ2n) is 3.61. The van der Waals surface area contributed by atoms with Crippen molar-refractivity contribution in [3.63, 3.8) is 0 Å². The zero-order chi connectivity index (χ0) is 13.4. The van der Waals surface area contributed by atoms with Crippen LogP contribution in [0.1, 0.15) is 20.1 Å². The summed E-state index contributed by atoms with van der Waals surface area (Å²) in [6.45, 7) is 1.77. The summed E-state index contributed by atoms with van der Waals surface area (Å²) in [4.78, 5) is 13.0. The molecule has 0 N–H and O–H groups in total. The van der Waals surface area contributed by atoms with Crippen molar-refractivity contribution in [1.29, 1.82) is 0 Å². The van der Waals surface area contributed by atoms with Gasteiger partial charge in [-0.15, -0.1) is 11.3 Å². The second-order valence-corrected chi connectivity index (χ2v) is 5.72. The summed E-state index contributed by atoms with van der Waals surface area (Å²) in [5.41, 5.74) is -0.737. The minimum Gasteiger partial charge on any atom is -0.287 e. The van der Waals surface area contributed by atoms with Gasteiger partial charge in [-0.25, -0.2) is 13.2 Å². The molecule has 1 aromatic carbocycles. The first-order valence-corrected chi connectivity index (χ1v) is 6.46. The van der Waals surface area contributed by atoms with Gasteiger partial charge in [-0.1, -0.05) is 0 Å². The summed E-state index contributed by atoms with van der Waals surface area (Å²) in [5.74, 6) is -4.25. The first-order chi connectivity index (χ1) is 8.40. The van der Waals surface area contributed by atoms with E-state index in [0.717, 1.165) is 16.2 Å². The highest BCUT2D eigenvalue weighted by Crippen LogP contribution is 2.30. The van der Waals surface area contributed by atoms with Crippen LogP contribution in [0.15, 0.2) is 22.7 Å². The molecule has 0 bridgehead atoms. The van der Waals surface area contributed by atoms with Gasteiger partial charge in [0.25, 0.3) is 0 Å². The summed E-state index contributed by atoms with van der Waals surface area (Å²) in [6.07, 6.45) is 0. The van der Waals surface area contributed by atoms with Crippen molar-refractivity contribution < 1.29 is 18.0 Å². The fourth-order valence-corrected chi connectivity index (χ4v) is 3.28. The number of hydrogen-bond acceptors (Lipinski definition) is 2. The van der Waals surface area contributed by atoms with E-state index in [1.807, 2.05) is 0 Å². The van der Waals surface area contributed by atoms with Crippen molar-refractivity contribution in [2.45, 2.75) is 6.92 Å². The molecule has 0 spiro atoms. The van der Waals surface area contributed by atoms with Crippen molar-refractivity contribution in [3.05, 3.63) is 55.4 Å². The first-order valence-electron chi connectivity index (χ1n) is 4.85. The van der Waals surface area contributed by atoms with E-state index >= 15 is 0 Å². The Morgan fingerprint density at radius 2 is 1.72 bits per heavy atom. The van der Waals surface area contributed by atoms with E-state index in [0.29, 0.717) is 16.6 Å². The number of aryl methyl sites for hydroxylation is 1. The third-order valence-corrected chi connectivity index (χ3v) is 4.19. The van der Waals surface area contributed by atoms with Crippen molar-refractivity contribution in [1.82, 2.24) is 0 Å². The van der Waals surface area contributed by atoms with Crippen molar-refractivity contribution in [2.24, 2.45) is 0 Å². The molecule has 2 rings (SSSR count). The number of ketones is 1. The SMILES string of the molecule is Cc1cc(Br)c(C(=O)c2c(F)cc(F)cc2F)s1. The molecule has 2 aromatic rings. The minimum absolute atomic E-state index is 0.192. The van der Waals surface area contributed by atoms with E-state index in [4.69, 9.17) is 0 Å². The second kappa shape index (κ2) is 4.85. The Morgan fingerprint density at radius 3 is 2.17 bits per heavy atom. The Labute approximate surface area is 113 Å². The molecule has 0 saturated carbocycles. The van der Waals surface area contributed by atoms with Crippen LogP contribution in [-0.4, -0.2) is 5.78 Å². The highest BCUT2D eigenvalue weighted by molar-refractivity contribution is 9.10. The molecule has 0 unspecified atom stereocenters. The smallest absolute Gasteiger partial charge is 0.210 e. The number of rotatable bonds is 2. The van der Waals surface area contributed by atoms with Crippen LogP contribution in [-0.2, 0) is 0 Å². The molecule has 0 aliphatic carbocycles. The third-order valence-electron chi connectivity index (χ3n) is 2.25. The van der Waals surface area contributed by atoms with Crippen LogP contribution in [0.5, 0.6) is 0 Å². The van der Waals surface area contributed by atoms with Gasteiger partial charge in [-0.05, 0) is 28.9 Å². The molecule has 6 heteroatoms. The quantitative estimate of drug-likeness (QED) is 0.740. The van der Waals surface area contributed by atoms with Gasteiger partial charge in [-0.2, -0.15) is 0 Å². The Hall–Kier alpha value is -1.14. The summed E-state index contributed by atoms with van der Waals surface area (Å²) >= 11 is 4.26. The predicted molar refractivity (Wildman–Crippen MR) is 66.5 cm³/mol. The Kier molecular flexibility index (Phi) is 3.59. The molecule has 1 nitrogen and oxygen atoms in total. The van der Waals surface area contributed by atoms with Crippen molar-refractivity contribution in [2.75, 3.05) is 0 Å². The van der Waals surface area contributed by atoms with Crippen LogP contribution in [0, 0.1) is 24.4 Å². The lowest BCUT2D eigenvalue weighted by Crippen LogP contribution is -2.07. The molecule has 0 aliphatic heterocycles. The lowest BCUT2D eigenvalue weighted by molar-refractivity contribution is 0.103. The maximum Gasteiger partial charge on any atom is 0.210 e. The normalized spacial score (nSPS) is 10.7. The van der Waals surface area contributed by atoms with E-state index in [-0.39, 0.29) is 4.88 Å². The molecule has 94 valence electrons. The van der Waals surface area contributed by atoms with Gasteiger partial charge in [0.15, 0.2) is 0 Å². The maximum atomic E-state index is 13.5. The molecular weight excluding hydrogens is 329 g/mol. The topological polar surface area (TPSA) is 17.1 Å².